The second kappa shape index (κ2) is 4.93. The van der Waals surface area contributed by atoms with Crippen molar-refractivity contribution in [2.24, 2.45) is 0 Å². The third kappa shape index (κ3) is 2.33. The number of pyridine rings is 1. The van der Waals surface area contributed by atoms with Gasteiger partial charge in [-0.25, -0.2) is 4.79 Å². The molecule has 0 saturated carbocycles. The van der Waals surface area contributed by atoms with Crippen LogP contribution in [0.2, 0.25) is 0 Å². The van der Waals surface area contributed by atoms with Gasteiger partial charge in [-0.15, -0.1) is 0 Å². The zero-order valence-electron chi connectivity index (χ0n) is 10.2. The van der Waals surface area contributed by atoms with Gasteiger partial charge in [0.25, 0.3) is 5.56 Å². The summed E-state index contributed by atoms with van der Waals surface area (Å²) < 4.78 is 1.25. The summed E-state index contributed by atoms with van der Waals surface area (Å²) in [6, 6.07) is 7.63. The van der Waals surface area contributed by atoms with E-state index in [1.807, 2.05) is 0 Å². The van der Waals surface area contributed by atoms with Crippen molar-refractivity contribution in [3.05, 3.63) is 46.2 Å². The summed E-state index contributed by atoms with van der Waals surface area (Å²) in [5, 5.41) is 12.0. The summed E-state index contributed by atoms with van der Waals surface area (Å²) in [5.41, 5.74) is -0.149. The van der Waals surface area contributed by atoms with Crippen molar-refractivity contribution in [3.8, 4) is 0 Å². The van der Waals surface area contributed by atoms with E-state index in [0.717, 1.165) is 6.07 Å². The molecule has 2 rings (SSSR count). The van der Waals surface area contributed by atoms with Crippen LogP contribution in [-0.2, 0) is 11.3 Å². The van der Waals surface area contributed by atoms with Crippen LogP contribution in [-0.4, -0.2) is 28.6 Å². The summed E-state index contributed by atoms with van der Waals surface area (Å²) in [5.74, 6) is -1.49. The molecule has 1 aromatic heterocycles. The fourth-order valence-electron chi connectivity index (χ4n) is 1.90. The number of carboxylic acids is 1. The smallest absolute Gasteiger partial charge is 0.336 e. The molecule has 98 valence electrons. The number of carbonyl (C=O) groups excluding carboxylic acids is 1. The molecule has 2 N–H and O–H groups in total. The molecule has 6 heteroatoms. The van der Waals surface area contributed by atoms with Crippen LogP contribution >= 0.6 is 0 Å². The van der Waals surface area contributed by atoms with Gasteiger partial charge in [-0.05, 0) is 6.07 Å². The first-order valence-corrected chi connectivity index (χ1v) is 5.61. The normalized spacial score (nSPS) is 10.4. The highest BCUT2D eigenvalue weighted by molar-refractivity contribution is 6.02. The van der Waals surface area contributed by atoms with Crippen LogP contribution in [0.15, 0.2) is 35.1 Å². The number of nitrogens with zero attached hydrogens (tertiary/aromatic N) is 1. The average molecular weight is 260 g/mol. The molecule has 1 amide bonds. The van der Waals surface area contributed by atoms with Crippen LogP contribution in [0.1, 0.15) is 10.4 Å². The Balaban J connectivity index is 2.76. The van der Waals surface area contributed by atoms with Crippen molar-refractivity contribution in [3.63, 3.8) is 0 Å². The third-order valence-corrected chi connectivity index (χ3v) is 2.83. The molecule has 1 heterocycles. The lowest BCUT2D eigenvalue weighted by molar-refractivity contribution is -0.121. The molecule has 0 radical (unpaired) electrons. The molecule has 0 aliphatic heterocycles. The van der Waals surface area contributed by atoms with Crippen molar-refractivity contribution in [2.45, 2.75) is 6.54 Å². The van der Waals surface area contributed by atoms with Gasteiger partial charge in [0.2, 0.25) is 5.91 Å². The van der Waals surface area contributed by atoms with E-state index in [9.17, 15) is 14.4 Å². The molecule has 0 aliphatic rings. The Labute approximate surface area is 108 Å². The van der Waals surface area contributed by atoms with E-state index in [2.05, 4.69) is 5.32 Å². The number of aromatic carboxylic acids is 1. The number of hydrogen-bond acceptors (Lipinski definition) is 3. The van der Waals surface area contributed by atoms with Crippen molar-refractivity contribution < 1.29 is 14.7 Å². The lowest BCUT2D eigenvalue weighted by atomic mass is 10.1. The number of amides is 1. The van der Waals surface area contributed by atoms with Gasteiger partial charge < -0.3 is 10.4 Å². The number of para-hydroxylation sites is 1. The molecular formula is C13H12N2O4. The largest absolute Gasteiger partial charge is 0.478 e. The second-order valence-corrected chi connectivity index (χ2v) is 3.98. The van der Waals surface area contributed by atoms with E-state index < -0.39 is 11.5 Å². The first kappa shape index (κ1) is 12.8. The van der Waals surface area contributed by atoms with Crippen LogP contribution in [0, 0.1) is 0 Å². The highest BCUT2D eigenvalue weighted by Crippen LogP contribution is 2.16. The monoisotopic (exact) mass is 260 g/mol. The average Bonchev–Trinajstić information content (AvgIpc) is 2.41. The van der Waals surface area contributed by atoms with Crippen molar-refractivity contribution in [1.82, 2.24) is 9.88 Å². The fraction of sp³-hybridized carbons (Fsp3) is 0.154. The highest BCUT2D eigenvalue weighted by atomic mass is 16.4. The summed E-state index contributed by atoms with van der Waals surface area (Å²) in [6.07, 6.45) is 0. The van der Waals surface area contributed by atoms with Gasteiger partial charge >= 0.3 is 5.97 Å². The van der Waals surface area contributed by atoms with Crippen LogP contribution in [0.4, 0.5) is 0 Å². The Bertz CT molecular complexity index is 718. The number of carbonyl (C=O) groups is 2. The minimum absolute atomic E-state index is 0.0613. The Kier molecular flexibility index (Phi) is 3.33. The van der Waals surface area contributed by atoms with E-state index >= 15 is 0 Å². The number of likely N-dealkylation sites (N-methyl/N-ethyl adjacent to an activating group) is 1. The predicted octanol–water partition coefficient (Wildman–Crippen LogP) is 0.446. The quantitative estimate of drug-likeness (QED) is 0.838. The number of carboxylic acid groups (broad SMARTS) is 1. The minimum atomic E-state index is -1.17. The molecule has 0 aliphatic carbocycles. The van der Waals surface area contributed by atoms with Gasteiger partial charge in [0, 0.05) is 18.5 Å². The molecule has 0 saturated heterocycles. The van der Waals surface area contributed by atoms with Crippen molar-refractivity contribution in [2.75, 3.05) is 7.05 Å². The standard InChI is InChI=1S/C13H12N2O4/c1-14-11(16)7-15-10-5-3-2-4-8(10)9(13(18)19)6-12(15)17/h2-6H,7H2,1H3,(H,14,16)(H,18,19). The van der Waals surface area contributed by atoms with Gasteiger partial charge in [0.15, 0.2) is 0 Å². The SMILES string of the molecule is CNC(=O)Cn1c(=O)cc(C(=O)O)c2ccccc21. The van der Waals surface area contributed by atoms with Crippen LogP contribution in [0.25, 0.3) is 10.9 Å². The summed E-state index contributed by atoms with van der Waals surface area (Å²) in [4.78, 5) is 34.5. The van der Waals surface area contributed by atoms with Gasteiger partial charge in [0.1, 0.15) is 6.54 Å². The maximum atomic E-state index is 11.9. The number of nitrogens with one attached hydrogen (secondary N) is 1. The Hall–Kier alpha value is -2.63. The van der Waals surface area contributed by atoms with E-state index in [1.54, 1.807) is 24.3 Å². The maximum absolute atomic E-state index is 11.9. The Morgan fingerprint density at radius 1 is 1.32 bits per heavy atom. The van der Waals surface area contributed by atoms with E-state index in [1.165, 1.54) is 11.6 Å². The van der Waals surface area contributed by atoms with E-state index in [4.69, 9.17) is 5.11 Å². The Morgan fingerprint density at radius 3 is 2.63 bits per heavy atom. The number of fused-ring (bicyclic) bond motifs is 1. The fourth-order valence-corrected chi connectivity index (χ4v) is 1.90. The third-order valence-electron chi connectivity index (χ3n) is 2.83. The summed E-state index contributed by atoms with van der Waals surface area (Å²) in [7, 11) is 1.47. The van der Waals surface area contributed by atoms with Gasteiger partial charge in [-0.2, -0.15) is 0 Å². The first-order chi connectivity index (χ1) is 9.04. The molecule has 0 fully saturated rings. The van der Waals surface area contributed by atoms with Gasteiger partial charge in [-0.1, -0.05) is 18.2 Å². The number of rotatable bonds is 3. The molecule has 1 aromatic carbocycles. The zero-order chi connectivity index (χ0) is 14.0. The molecule has 0 spiro atoms. The lowest BCUT2D eigenvalue weighted by Crippen LogP contribution is -2.30. The maximum Gasteiger partial charge on any atom is 0.336 e. The number of aromatic nitrogens is 1. The van der Waals surface area contributed by atoms with E-state index in [0.29, 0.717) is 10.9 Å². The molecular weight excluding hydrogens is 248 g/mol. The molecule has 0 unspecified atom stereocenters. The molecule has 2 aromatic rings. The minimum Gasteiger partial charge on any atom is -0.478 e. The summed E-state index contributed by atoms with van der Waals surface area (Å²) >= 11 is 0. The molecule has 0 atom stereocenters. The topological polar surface area (TPSA) is 88.4 Å². The first-order valence-electron chi connectivity index (χ1n) is 5.61. The molecule has 0 bridgehead atoms. The van der Waals surface area contributed by atoms with Gasteiger partial charge in [-0.3, -0.25) is 14.2 Å². The van der Waals surface area contributed by atoms with Crippen molar-refractivity contribution in [1.29, 1.82) is 0 Å². The van der Waals surface area contributed by atoms with Gasteiger partial charge in [0.05, 0.1) is 11.1 Å². The van der Waals surface area contributed by atoms with Crippen LogP contribution < -0.4 is 10.9 Å². The molecule has 6 nitrogen and oxygen atoms in total. The highest BCUT2D eigenvalue weighted by Gasteiger charge is 2.14. The predicted molar refractivity (Wildman–Crippen MR) is 69.2 cm³/mol. The number of benzene rings is 1. The zero-order valence-corrected chi connectivity index (χ0v) is 10.2. The number of hydrogen-bond donors (Lipinski definition) is 2. The second-order valence-electron chi connectivity index (χ2n) is 3.98. The lowest BCUT2D eigenvalue weighted by Gasteiger charge is -2.10. The summed E-state index contributed by atoms with van der Waals surface area (Å²) in [6.45, 7) is -0.143. The van der Waals surface area contributed by atoms with Crippen LogP contribution in [0.5, 0.6) is 0 Å². The van der Waals surface area contributed by atoms with Crippen molar-refractivity contribution >= 4 is 22.8 Å². The molecule has 19 heavy (non-hydrogen) atoms. The van der Waals surface area contributed by atoms with Crippen LogP contribution in [0.3, 0.4) is 0 Å². The Morgan fingerprint density at radius 2 is 2.00 bits per heavy atom. The van der Waals surface area contributed by atoms with E-state index in [-0.39, 0.29) is 18.0 Å².